The van der Waals surface area contributed by atoms with E-state index in [1.807, 2.05) is 18.2 Å². The van der Waals surface area contributed by atoms with Crippen molar-refractivity contribution in [2.24, 2.45) is 0 Å². The van der Waals surface area contributed by atoms with Crippen molar-refractivity contribution in [2.45, 2.75) is 84.4 Å². The van der Waals surface area contributed by atoms with Gasteiger partial charge in [0.05, 0.1) is 5.56 Å². The minimum Gasteiger partial charge on any atom is -0.462 e. The highest BCUT2D eigenvalue weighted by Crippen LogP contribution is 2.33. The Morgan fingerprint density at radius 1 is 0.795 bits per heavy atom. The summed E-state index contributed by atoms with van der Waals surface area (Å²) in [5.74, 6) is -2.97. The standard InChI is InChI=1S/C35H43F3O6/c1-4-5-6-7-8-9-10-11-12-13-14-15-16-17-18-19-20-21-22-23-33(40)42-27-28(2)43-34(41)31-25-24-30(35(36,37)38)26-32(31)44-29(3)39/h5-6,8-9,11-12,14-15,17-18,20-21,24-26,28H,4,7,10,13,16,19,22-23,27H2,1-3H3. The molecule has 0 heterocycles. The molecule has 0 aliphatic carbocycles. The number of esters is 3. The predicted octanol–water partition coefficient (Wildman–Crippen LogP) is 9.20. The van der Waals surface area contributed by atoms with Gasteiger partial charge >= 0.3 is 24.1 Å². The zero-order chi connectivity index (χ0) is 32.6. The van der Waals surface area contributed by atoms with Gasteiger partial charge in [-0.05, 0) is 70.1 Å². The molecule has 0 aliphatic rings. The van der Waals surface area contributed by atoms with Crippen molar-refractivity contribution in [3.05, 3.63) is 102 Å². The van der Waals surface area contributed by atoms with E-state index in [0.29, 0.717) is 18.6 Å². The number of ether oxygens (including phenoxy) is 3. The van der Waals surface area contributed by atoms with E-state index in [-0.39, 0.29) is 18.6 Å². The third kappa shape index (κ3) is 18.4. The highest BCUT2D eigenvalue weighted by molar-refractivity contribution is 5.93. The Hall–Kier alpha value is -4.14. The van der Waals surface area contributed by atoms with Crippen LogP contribution in [0, 0.1) is 0 Å². The van der Waals surface area contributed by atoms with Gasteiger partial charge in [-0.2, -0.15) is 13.2 Å². The fraction of sp³-hybridized carbons (Fsp3) is 0.400. The number of rotatable bonds is 19. The molecule has 0 radical (unpaired) electrons. The molecule has 6 nitrogen and oxygen atoms in total. The third-order valence-corrected chi connectivity index (χ3v) is 5.68. The zero-order valence-electron chi connectivity index (χ0n) is 25.7. The molecule has 0 fully saturated rings. The zero-order valence-corrected chi connectivity index (χ0v) is 25.7. The van der Waals surface area contributed by atoms with Gasteiger partial charge in [0.25, 0.3) is 0 Å². The van der Waals surface area contributed by atoms with E-state index in [0.717, 1.165) is 51.5 Å². The minimum absolute atomic E-state index is 0.137. The molecule has 1 atom stereocenters. The normalized spacial score (nSPS) is 13.2. The Morgan fingerprint density at radius 3 is 1.77 bits per heavy atom. The van der Waals surface area contributed by atoms with Crippen molar-refractivity contribution >= 4 is 17.9 Å². The molecule has 0 N–H and O–H groups in total. The second-order valence-corrected chi connectivity index (χ2v) is 9.66. The third-order valence-electron chi connectivity index (χ3n) is 5.68. The number of carbonyl (C=O) groups is 3. The van der Waals surface area contributed by atoms with E-state index in [2.05, 4.69) is 61.6 Å². The van der Waals surface area contributed by atoms with Crippen molar-refractivity contribution < 1.29 is 41.8 Å². The summed E-state index contributed by atoms with van der Waals surface area (Å²) in [6.07, 6.45) is 25.7. The number of benzene rings is 1. The maximum absolute atomic E-state index is 13.0. The number of alkyl halides is 3. The molecule has 1 rings (SSSR count). The summed E-state index contributed by atoms with van der Waals surface area (Å²) in [6, 6.07) is 2.11. The van der Waals surface area contributed by atoms with Crippen LogP contribution in [0.15, 0.2) is 91.1 Å². The maximum Gasteiger partial charge on any atom is 0.416 e. The summed E-state index contributed by atoms with van der Waals surface area (Å²) in [5.41, 5.74) is -1.44. The quantitative estimate of drug-likeness (QED) is 0.0876. The summed E-state index contributed by atoms with van der Waals surface area (Å²) in [6.45, 7) is 4.35. The van der Waals surface area contributed by atoms with E-state index in [1.165, 1.54) is 6.92 Å². The molecule has 0 amide bonds. The number of halogens is 3. The van der Waals surface area contributed by atoms with Crippen LogP contribution in [-0.2, 0) is 25.2 Å². The number of carbonyl (C=O) groups excluding carboxylic acids is 3. The Kier molecular flexibility index (Phi) is 19.3. The molecule has 0 aromatic heterocycles. The van der Waals surface area contributed by atoms with Crippen LogP contribution in [-0.4, -0.2) is 30.6 Å². The molecule has 1 aromatic carbocycles. The van der Waals surface area contributed by atoms with Gasteiger partial charge in [0.2, 0.25) is 0 Å². The lowest BCUT2D eigenvalue weighted by molar-refractivity contribution is -0.146. The monoisotopic (exact) mass is 616 g/mol. The molecule has 240 valence electrons. The lowest BCUT2D eigenvalue weighted by Crippen LogP contribution is -2.23. The van der Waals surface area contributed by atoms with Crippen molar-refractivity contribution in [1.29, 1.82) is 0 Å². The fourth-order valence-corrected chi connectivity index (χ4v) is 3.51. The second-order valence-electron chi connectivity index (χ2n) is 9.66. The first-order valence-electron chi connectivity index (χ1n) is 14.7. The lowest BCUT2D eigenvalue weighted by atomic mass is 10.1. The van der Waals surface area contributed by atoms with Gasteiger partial charge in [-0.25, -0.2) is 4.79 Å². The number of allylic oxidation sites excluding steroid dienone is 12. The predicted molar refractivity (Wildman–Crippen MR) is 166 cm³/mol. The molecular weight excluding hydrogens is 573 g/mol. The summed E-state index contributed by atoms with van der Waals surface area (Å²) in [5, 5.41) is 0. The molecular formula is C35H43F3O6. The summed E-state index contributed by atoms with van der Waals surface area (Å²) in [7, 11) is 0. The van der Waals surface area contributed by atoms with E-state index < -0.39 is 41.5 Å². The number of hydrogen-bond acceptors (Lipinski definition) is 6. The van der Waals surface area contributed by atoms with Gasteiger partial charge in [-0.3, -0.25) is 9.59 Å². The Morgan fingerprint density at radius 2 is 1.30 bits per heavy atom. The minimum atomic E-state index is -4.69. The molecule has 9 heteroatoms. The van der Waals surface area contributed by atoms with Crippen LogP contribution in [0.4, 0.5) is 13.2 Å². The van der Waals surface area contributed by atoms with E-state index in [4.69, 9.17) is 14.2 Å². The molecule has 44 heavy (non-hydrogen) atoms. The SMILES string of the molecule is CCC=CCC=CCC=CCC=CCC=CCC=CCCC(=O)OCC(C)OC(=O)c1ccc(C(F)(F)F)cc1OC(C)=O. The van der Waals surface area contributed by atoms with Gasteiger partial charge in [0.15, 0.2) is 0 Å². The summed E-state index contributed by atoms with van der Waals surface area (Å²) >= 11 is 0. The lowest BCUT2D eigenvalue weighted by Gasteiger charge is -2.16. The van der Waals surface area contributed by atoms with Crippen molar-refractivity contribution in [3.63, 3.8) is 0 Å². The van der Waals surface area contributed by atoms with Crippen LogP contribution >= 0.6 is 0 Å². The van der Waals surface area contributed by atoms with Crippen molar-refractivity contribution in [1.82, 2.24) is 0 Å². The Bertz CT molecular complexity index is 1210. The maximum atomic E-state index is 13.0. The molecule has 0 spiro atoms. The van der Waals surface area contributed by atoms with Gasteiger partial charge < -0.3 is 14.2 Å². The van der Waals surface area contributed by atoms with Crippen LogP contribution in [0.1, 0.15) is 88.1 Å². The molecule has 1 aromatic rings. The topological polar surface area (TPSA) is 78.9 Å². The highest BCUT2D eigenvalue weighted by Gasteiger charge is 2.32. The molecule has 0 saturated heterocycles. The van der Waals surface area contributed by atoms with Crippen LogP contribution < -0.4 is 4.74 Å². The van der Waals surface area contributed by atoms with Crippen LogP contribution in [0.25, 0.3) is 0 Å². The first-order valence-corrected chi connectivity index (χ1v) is 14.7. The average Bonchev–Trinajstić information content (AvgIpc) is 2.96. The smallest absolute Gasteiger partial charge is 0.416 e. The highest BCUT2D eigenvalue weighted by atomic mass is 19.4. The van der Waals surface area contributed by atoms with Crippen LogP contribution in [0.5, 0.6) is 5.75 Å². The van der Waals surface area contributed by atoms with Gasteiger partial charge in [-0.1, -0.05) is 79.8 Å². The first kappa shape index (κ1) is 37.9. The Balaban J connectivity index is 2.26. The summed E-state index contributed by atoms with van der Waals surface area (Å²) < 4.78 is 54.0. The average molecular weight is 617 g/mol. The van der Waals surface area contributed by atoms with E-state index in [1.54, 1.807) is 0 Å². The summed E-state index contributed by atoms with van der Waals surface area (Å²) in [4.78, 5) is 35.8. The van der Waals surface area contributed by atoms with Gasteiger partial charge in [0, 0.05) is 13.3 Å². The molecule has 0 bridgehead atoms. The molecule has 0 saturated carbocycles. The van der Waals surface area contributed by atoms with Crippen molar-refractivity contribution in [3.8, 4) is 5.75 Å². The second kappa shape index (κ2) is 22.4. The van der Waals surface area contributed by atoms with E-state index >= 15 is 0 Å². The van der Waals surface area contributed by atoms with Crippen LogP contribution in [0.2, 0.25) is 0 Å². The largest absolute Gasteiger partial charge is 0.462 e. The van der Waals surface area contributed by atoms with Gasteiger partial charge in [-0.15, -0.1) is 0 Å². The van der Waals surface area contributed by atoms with E-state index in [9.17, 15) is 27.6 Å². The first-order chi connectivity index (χ1) is 21.0. The molecule has 0 aliphatic heterocycles. The van der Waals surface area contributed by atoms with Gasteiger partial charge in [0.1, 0.15) is 24.0 Å². The van der Waals surface area contributed by atoms with Crippen LogP contribution in [0.3, 0.4) is 0 Å². The fourth-order valence-electron chi connectivity index (χ4n) is 3.51. The number of hydrogen-bond donors (Lipinski definition) is 0. The van der Waals surface area contributed by atoms with Crippen molar-refractivity contribution in [2.75, 3.05) is 6.61 Å². The molecule has 1 unspecified atom stereocenters. The Labute approximate surface area is 258 Å².